The number of anilines is 1. The van der Waals surface area contributed by atoms with Crippen LogP contribution >= 0.6 is 0 Å². The third-order valence-electron chi connectivity index (χ3n) is 5.06. The Morgan fingerprint density at radius 1 is 1.10 bits per heavy atom. The number of hydrogen-bond donors (Lipinski definition) is 1. The predicted molar refractivity (Wildman–Crippen MR) is 117 cm³/mol. The van der Waals surface area contributed by atoms with Crippen molar-refractivity contribution < 1.29 is 4.79 Å². The Bertz CT molecular complexity index is 787. The summed E-state index contributed by atoms with van der Waals surface area (Å²) in [4.78, 5) is 27.5. The summed E-state index contributed by atoms with van der Waals surface area (Å²) in [7, 11) is 3.77. The molecule has 1 aromatic carbocycles. The van der Waals surface area contributed by atoms with Crippen LogP contribution in [-0.2, 0) is 11.3 Å². The zero-order chi connectivity index (χ0) is 20.5. The Balaban J connectivity index is 1.40. The third-order valence-corrected chi connectivity index (χ3v) is 5.06. The van der Waals surface area contributed by atoms with Gasteiger partial charge in [0.25, 0.3) is 0 Å². The van der Waals surface area contributed by atoms with E-state index in [0.29, 0.717) is 13.0 Å². The molecule has 2 aromatic rings. The number of nitrogens with zero attached hydrogens (tertiary/aromatic N) is 5. The van der Waals surface area contributed by atoms with E-state index in [2.05, 4.69) is 37.2 Å². The quantitative estimate of drug-likeness (QED) is 0.598. The first-order valence-electron chi connectivity index (χ1n) is 10.1. The Labute approximate surface area is 173 Å². The van der Waals surface area contributed by atoms with Gasteiger partial charge in [-0.1, -0.05) is 36.4 Å². The molecule has 0 bridgehead atoms. The summed E-state index contributed by atoms with van der Waals surface area (Å²) in [6.45, 7) is 4.44. The minimum atomic E-state index is 0.180. The molecule has 0 saturated carbocycles. The second-order valence-electron chi connectivity index (χ2n) is 7.12. The van der Waals surface area contributed by atoms with E-state index in [9.17, 15) is 4.79 Å². The van der Waals surface area contributed by atoms with E-state index in [1.54, 1.807) is 13.2 Å². The molecular weight excluding hydrogens is 364 g/mol. The maximum atomic E-state index is 12.6. The van der Waals surface area contributed by atoms with Crippen molar-refractivity contribution in [2.24, 2.45) is 4.99 Å². The van der Waals surface area contributed by atoms with Gasteiger partial charge in [0.1, 0.15) is 5.82 Å². The highest BCUT2D eigenvalue weighted by molar-refractivity contribution is 5.81. The fraction of sp³-hybridized carbons (Fsp3) is 0.409. The van der Waals surface area contributed by atoms with Gasteiger partial charge in [0.2, 0.25) is 5.91 Å². The second-order valence-corrected chi connectivity index (χ2v) is 7.12. The Kier molecular flexibility index (Phi) is 7.44. The van der Waals surface area contributed by atoms with Gasteiger partial charge in [-0.15, -0.1) is 0 Å². The standard InChI is InChI=1S/C22H30N6O/c1-23-22(26(2)18-19-8-4-3-5-9-19)25-13-11-21(29)28-16-14-27(15-17-28)20-10-6-7-12-24-20/h3-10,12H,11,13-18H2,1-2H3,(H,23,25). The van der Waals surface area contributed by atoms with Gasteiger partial charge in [-0.25, -0.2) is 4.98 Å². The van der Waals surface area contributed by atoms with E-state index in [-0.39, 0.29) is 5.91 Å². The van der Waals surface area contributed by atoms with Crippen LogP contribution < -0.4 is 10.2 Å². The number of nitrogens with one attached hydrogen (secondary N) is 1. The van der Waals surface area contributed by atoms with Gasteiger partial charge in [0.15, 0.2) is 5.96 Å². The lowest BCUT2D eigenvalue weighted by Gasteiger charge is -2.35. The van der Waals surface area contributed by atoms with Gasteiger partial charge in [0, 0.05) is 66.0 Å². The van der Waals surface area contributed by atoms with E-state index in [4.69, 9.17) is 0 Å². The summed E-state index contributed by atoms with van der Waals surface area (Å²) in [5.74, 6) is 1.95. The molecule has 1 amide bonds. The van der Waals surface area contributed by atoms with Crippen LogP contribution in [0.15, 0.2) is 59.7 Å². The van der Waals surface area contributed by atoms with Crippen molar-refractivity contribution in [2.75, 3.05) is 51.7 Å². The van der Waals surface area contributed by atoms with E-state index in [0.717, 1.165) is 44.5 Å². The molecule has 1 saturated heterocycles. The van der Waals surface area contributed by atoms with Crippen molar-refractivity contribution in [3.8, 4) is 0 Å². The fourth-order valence-electron chi connectivity index (χ4n) is 3.48. The van der Waals surface area contributed by atoms with E-state index in [1.165, 1.54) is 5.56 Å². The molecule has 7 heteroatoms. The zero-order valence-corrected chi connectivity index (χ0v) is 17.3. The summed E-state index contributed by atoms with van der Waals surface area (Å²) in [5, 5.41) is 3.30. The van der Waals surface area contributed by atoms with E-state index >= 15 is 0 Å². The summed E-state index contributed by atoms with van der Waals surface area (Å²) in [5.41, 5.74) is 1.22. The lowest BCUT2D eigenvalue weighted by Crippen LogP contribution is -2.49. The number of pyridine rings is 1. The topological polar surface area (TPSA) is 64.1 Å². The second kappa shape index (κ2) is 10.5. The molecule has 0 radical (unpaired) electrons. The summed E-state index contributed by atoms with van der Waals surface area (Å²) >= 11 is 0. The van der Waals surface area contributed by atoms with Crippen LogP contribution in [-0.4, -0.2) is 73.5 Å². The highest BCUT2D eigenvalue weighted by atomic mass is 16.2. The number of hydrogen-bond acceptors (Lipinski definition) is 4. The summed E-state index contributed by atoms with van der Waals surface area (Å²) < 4.78 is 0. The smallest absolute Gasteiger partial charge is 0.224 e. The first kappa shape index (κ1) is 20.6. The summed E-state index contributed by atoms with van der Waals surface area (Å²) in [6, 6.07) is 16.2. The van der Waals surface area contributed by atoms with Crippen LogP contribution in [0, 0.1) is 0 Å². The van der Waals surface area contributed by atoms with Crippen LogP contribution in [0.2, 0.25) is 0 Å². The molecule has 0 atom stereocenters. The molecule has 1 aromatic heterocycles. The minimum Gasteiger partial charge on any atom is -0.356 e. The first-order chi connectivity index (χ1) is 14.2. The molecule has 1 aliphatic rings. The lowest BCUT2D eigenvalue weighted by atomic mass is 10.2. The number of benzene rings is 1. The average molecular weight is 395 g/mol. The van der Waals surface area contributed by atoms with Gasteiger partial charge >= 0.3 is 0 Å². The molecular formula is C22H30N6O. The van der Waals surface area contributed by atoms with Crippen LogP contribution in [0.25, 0.3) is 0 Å². The van der Waals surface area contributed by atoms with Gasteiger partial charge in [-0.05, 0) is 17.7 Å². The number of rotatable bonds is 6. The molecule has 0 spiro atoms. The average Bonchev–Trinajstić information content (AvgIpc) is 2.78. The highest BCUT2D eigenvalue weighted by Crippen LogP contribution is 2.13. The number of amides is 1. The Hall–Kier alpha value is -3.09. The monoisotopic (exact) mass is 394 g/mol. The van der Waals surface area contributed by atoms with E-state index < -0.39 is 0 Å². The number of guanidine groups is 1. The number of piperazine rings is 1. The van der Waals surface area contributed by atoms with Crippen molar-refractivity contribution in [3.63, 3.8) is 0 Å². The lowest BCUT2D eigenvalue weighted by molar-refractivity contribution is -0.131. The zero-order valence-electron chi connectivity index (χ0n) is 17.3. The SMILES string of the molecule is CN=C(NCCC(=O)N1CCN(c2ccccn2)CC1)N(C)Cc1ccccc1. The highest BCUT2D eigenvalue weighted by Gasteiger charge is 2.21. The fourth-order valence-corrected chi connectivity index (χ4v) is 3.48. The number of carbonyl (C=O) groups is 1. The van der Waals surface area contributed by atoms with Gasteiger partial charge in [0.05, 0.1) is 0 Å². The molecule has 0 aliphatic carbocycles. The summed E-state index contributed by atoms with van der Waals surface area (Å²) in [6.07, 6.45) is 2.27. The molecule has 1 aliphatic heterocycles. The number of carbonyl (C=O) groups excluding carboxylic acids is 1. The van der Waals surface area contributed by atoms with Crippen LogP contribution in [0.4, 0.5) is 5.82 Å². The Morgan fingerprint density at radius 3 is 2.48 bits per heavy atom. The van der Waals surface area contributed by atoms with Crippen molar-refractivity contribution in [1.82, 2.24) is 20.1 Å². The molecule has 1 fully saturated rings. The minimum absolute atomic E-state index is 0.180. The van der Waals surface area contributed by atoms with Gasteiger partial charge in [-0.2, -0.15) is 0 Å². The number of aromatic nitrogens is 1. The maximum absolute atomic E-state index is 12.6. The largest absolute Gasteiger partial charge is 0.356 e. The van der Waals surface area contributed by atoms with Gasteiger partial charge < -0.3 is 20.0 Å². The normalized spacial score (nSPS) is 14.6. The number of aliphatic imine (C=N–C) groups is 1. The van der Waals surface area contributed by atoms with Crippen LogP contribution in [0.1, 0.15) is 12.0 Å². The maximum Gasteiger partial charge on any atom is 0.224 e. The van der Waals surface area contributed by atoms with Crippen molar-refractivity contribution >= 4 is 17.7 Å². The van der Waals surface area contributed by atoms with E-state index in [1.807, 2.05) is 48.3 Å². The van der Waals surface area contributed by atoms with Crippen molar-refractivity contribution in [2.45, 2.75) is 13.0 Å². The molecule has 1 N–H and O–H groups in total. The molecule has 29 heavy (non-hydrogen) atoms. The third kappa shape index (κ3) is 5.94. The molecule has 3 rings (SSSR count). The van der Waals surface area contributed by atoms with Crippen molar-refractivity contribution in [3.05, 3.63) is 60.3 Å². The van der Waals surface area contributed by atoms with Gasteiger partial charge in [-0.3, -0.25) is 9.79 Å². The first-order valence-corrected chi connectivity index (χ1v) is 10.1. The molecule has 154 valence electrons. The molecule has 7 nitrogen and oxygen atoms in total. The van der Waals surface area contributed by atoms with Crippen LogP contribution in [0.3, 0.4) is 0 Å². The van der Waals surface area contributed by atoms with Crippen molar-refractivity contribution in [1.29, 1.82) is 0 Å². The molecule has 0 unspecified atom stereocenters. The molecule has 2 heterocycles. The predicted octanol–water partition coefficient (Wildman–Crippen LogP) is 1.83. The van der Waals surface area contributed by atoms with Crippen LogP contribution in [0.5, 0.6) is 0 Å². The Morgan fingerprint density at radius 2 is 1.83 bits per heavy atom.